The molecule has 8 heteroatoms. The first-order chi connectivity index (χ1) is 12.4. The number of rotatable bonds is 5. The summed E-state index contributed by atoms with van der Waals surface area (Å²) in [6, 6.07) is 7.24. The molecule has 0 spiro atoms. The Balaban J connectivity index is 1.99. The zero-order chi connectivity index (χ0) is 18.9. The lowest BCUT2D eigenvalue weighted by Gasteiger charge is -2.25. The van der Waals surface area contributed by atoms with Crippen LogP contribution in [-0.4, -0.2) is 49.4 Å². The number of aliphatic imine (C=N–C) groups is 1. The van der Waals surface area contributed by atoms with Gasteiger partial charge in [0.2, 0.25) is 0 Å². The average Bonchev–Trinajstić information content (AvgIpc) is 3.06. The van der Waals surface area contributed by atoms with Crippen molar-refractivity contribution in [1.82, 2.24) is 0 Å². The van der Waals surface area contributed by atoms with Gasteiger partial charge in [0.15, 0.2) is 15.0 Å². The smallest absolute Gasteiger partial charge is 0.251 e. The summed E-state index contributed by atoms with van der Waals surface area (Å²) in [7, 11) is -1.48. The molecule has 1 amide bonds. The molecule has 6 nitrogen and oxygen atoms in total. The highest BCUT2D eigenvalue weighted by atomic mass is 32.2. The summed E-state index contributed by atoms with van der Waals surface area (Å²) in [5.74, 6) is 0.663. The summed E-state index contributed by atoms with van der Waals surface area (Å²) in [6.07, 6.45) is 1.49. The Morgan fingerprint density at radius 2 is 2.08 bits per heavy atom. The van der Waals surface area contributed by atoms with Gasteiger partial charge in [0.05, 0.1) is 24.7 Å². The number of ether oxygens (including phenoxy) is 1. The van der Waals surface area contributed by atoms with Crippen LogP contribution in [0.15, 0.2) is 29.3 Å². The molecular weight excluding hydrogens is 372 g/mol. The van der Waals surface area contributed by atoms with E-state index in [2.05, 4.69) is 4.99 Å². The van der Waals surface area contributed by atoms with Gasteiger partial charge in [-0.1, -0.05) is 31.7 Å². The second kappa shape index (κ2) is 7.60. The minimum atomic E-state index is -3.07. The van der Waals surface area contributed by atoms with Gasteiger partial charge >= 0.3 is 0 Å². The normalized spacial score (nSPS) is 25.7. The van der Waals surface area contributed by atoms with Gasteiger partial charge in [-0.25, -0.2) is 8.42 Å². The second-order valence-corrected chi connectivity index (χ2v) is 9.98. The molecule has 142 valence electrons. The Kier molecular flexibility index (Phi) is 5.62. The van der Waals surface area contributed by atoms with Crippen molar-refractivity contribution >= 4 is 38.4 Å². The van der Waals surface area contributed by atoms with Crippen molar-refractivity contribution in [1.29, 1.82) is 0 Å². The van der Waals surface area contributed by atoms with Crippen LogP contribution in [0, 0.1) is 5.92 Å². The number of carbonyl (C=O) groups is 1. The Hall–Kier alpha value is -1.54. The lowest BCUT2D eigenvalue weighted by Crippen LogP contribution is -2.37. The molecule has 2 saturated heterocycles. The van der Waals surface area contributed by atoms with Crippen LogP contribution in [0.3, 0.4) is 0 Å². The fourth-order valence-corrected chi connectivity index (χ4v) is 7.37. The number of sulfone groups is 1. The zero-order valence-electron chi connectivity index (χ0n) is 15.2. The van der Waals surface area contributed by atoms with Crippen LogP contribution in [0.1, 0.15) is 26.7 Å². The van der Waals surface area contributed by atoms with Crippen LogP contribution in [0.5, 0.6) is 5.75 Å². The van der Waals surface area contributed by atoms with Crippen molar-refractivity contribution in [3.63, 3.8) is 0 Å². The number of anilines is 1. The van der Waals surface area contributed by atoms with E-state index in [4.69, 9.17) is 4.74 Å². The third-order valence-corrected chi connectivity index (χ3v) is 8.15. The highest BCUT2D eigenvalue weighted by Crippen LogP contribution is 2.41. The standard InChI is InChI=1S/C18H24N2O4S2/c1-4-12(5-2)17(21)19-18-20(13-7-6-8-14(9-13)24-3)15-10-26(22,23)11-16(15)25-18/h6-9,12,15-16H,4-5,10-11H2,1-3H3. The summed E-state index contributed by atoms with van der Waals surface area (Å²) < 4.78 is 29.5. The topological polar surface area (TPSA) is 76.0 Å². The van der Waals surface area contributed by atoms with Crippen molar-refractivity contribution in [3.8, 4) is 5.75 Å². The van der Waals surface area contributed by atoms with E-state index in [9.17, 15) is 13.2 Å². The number of fused-ring (bicyclic) bond motifs is 1. The molecule has 1 aromatic rings. The molecule has 2 fully saturated rings. The first kappa shape index (κ1) is 19.2. The molecule has 26 heavy (non-hydrogen) atoms. The maximum Gasteiger partial charge on any atom is 0.251 e. The van der Waals surface area contributed by atoms with E-state index in [1.807, 2.05) is 43.0 Å². The third kappa shape index (κ3) is 3.76. The molecule has 2 aliphatic heterocycles. The van der Waals surface area contributed by atoms with E-state index in [1.54, 1.807) is 7.11 Å². The number of amides is 1. The number of methoxy groups -OCH3 is 1. The molecule has 0 saturated carbocycles. The Morgan fingerprint density at radius 3 is 2.73 bits per heavy atom. The van der Waals surface area contributed by atoms with Crippen LogP contribution < -0.4 is 9.64 Å². The van der Waals surface area contributed by atoms with Gasteiger partial charge in [0.25, 0.3) is 5.91 Å². The molecule has 0 aromatic heterocycles. The van der Waals surface area contributed by atoms with E-state index in [-0.39, 0.29) is 34.6 Å². The first-order valence-corrected chi connectivity index (χ1v) is 11.5. The van der Waals surface area contributed by atoms with Gasteiger partial charge in [0, 0.05) is 22.9 Å². The molecule has 1 aromatic carbocycles. The number of amidine groups is 1. The molecule has 2 atom stereocenters. The minimum absolute atomic E-state index is 0.0834. The van der Waals surface area contributed by atoms with Crippen LogP contribution >= 0.6 is 11.8 Å². The van der Waals surface area contributed by atoms with Crippen LogP contribution in [0.4, 0.5) is 5.69 Å². The fourth-order valence-electron chi connectivity index (χ4n) is 3.45. The summed E-state index contributed by atoms with van der Waals surface area (Å²) in [5, 5.41) is 0.500. The Labute approximate surface area is 158 Å². The van der Waals surface area contributed by atoms with Gasteiger partial charge in [-0.3, -0.25) is 4.79 Å². The maximum absolute atomic E-state index is 12.5. The summed E-state index contributed by atoms with van der Waals surface area (Å²) >= 11 is 1.40. The number of hydrogen-bond acceptors (Lipinski definition) is 5. The fraction of sp³-hybridized carbons (Fsp3) is 0.556. The highest BCUT2D eigenvalue weighted by molar-refractivity contribution is 8.16. The van der Waals surface area contributed by atoms with Crippen molar-refractivity contribution in [2.45, 2.75) is 38.0 Å². The minimum Gasteiger partial charge on any atom is -0.497 e. The van der Waals surface area contributed by atoms with Crippen molar-refractivity contribution in [3.05, 3.63) is 24.3 Å². The van der Waals surface area contributed by atoms with E-state index < -0.39 is 9.84 Å². The van der Waals surface area contributed by atoms with Gasteiger partial charge in [-0.15, -0.1) is 0 Å². The number of hydrogen-bond donors (Lipinski definition) is 0. The van der Waals surface area contributed by atoms with E-state index >= 15 is 0 Å². The summed E-state index contributed by atoms with van der Waals surface area (Å²) in [4.78, 5) is 18.8. The van der Waals surface area contributed by atoms with Gasteiger partial charge in [-0.05, 0) is 25.0 Å². The van der Waals surface area contributed by atoms with Crippen molar-refractivity contribution in [2.75, 3.05) is 23.5 Å². The highest BCUT2D eigenvalue weighted by Gasteiger charge is 2.49. The van der Waals surface area contributed by atoms with Crippen LogP contribution in [0.25, 0.3) is 0 Å². The third-order valence-electron chi connectivity index (χ3n) is 4.94. The SMILES string of the molecule is CCC(CC)C(=O)N=C1SC2CS(=O)(=O)CC2N1c1cccc(OC)c1. The summed E-state index contributed by atoms with van der Waals surface area (Å²) in [6.45, 7) is 3.96. The molecule has 0 bridgehead atoms. The molecule has 2 heterocycles. The average molecular weight is 397 g/mol. The lowest BCUT2D eigenvalue weighted by molar-refractivity contribution is -0.121. The van der Waals surface area contributed by atoms with Crippen molar-refractivity contribution < 1.29 is 17.9 Å². The second-order valence-electron chi connectivity index (χ2n) is 6.62. The maximum atomic E-state index is 12.5. The predicted molar refractivity (Wildman–Crippen MR) is 106 cm³/mol. The molecular formula is C18H24N2O4S2. The van der Waals surface area contributed by atoms with Gasteiger partial charge < -0.3 is 9.64 Å². The lowest BCUT2D eigenvalue weighted by atomic mass is 10.0. The largest absolute Gasteiger partial charge is 0.497 e. The Morgan fingerprint density at radius 1 is 1.35 bits per heavy atom. The van der Waals surface area contributed by atoms with Crippen LogP contribution in [0.2, 0.25) is 0 Å². The molecule has 0 N–H and O–H groups in total. The molecule has 0 aliphatic carbocycles. The number of carbonyl (C=O) groups excluding carboxylic acids is 1. The van der Waals surface area contributed by atoms with E-state index in [0.717, 1.165) is 18.5 Å². The molecule has 3 rings (SSSR count). The number of thioether (sulfide) groups is 1. The first-order valence-electron chi connectivity index (χ1n) is 8.81. The number of benzene rings is 1. The van der Waals surface area contributed by atoms with Gasteiger partial charge in [0.1, 0.15) is 5.75 Å². The predicted octanol–water partition coefficient (Wildman–Crippen LogP) is 2.73. The zero-order valence-corrected chi connectivity index (χ0v) is 16.8. The van der Waals surface area contributed by atoms with Crippen molar-refractivity contribution in [2.24, 2.45) is 10.9 Å². The number of nitrogens with zero attached hydrogens (tertiary/aromatic N) is 2. The van der Waals surface area contributed by atoms with Gasteiger partial charge in [-0.2, -0.15) is 4.99 Å². The van der Waals surface area contributed by atoms with E-state index in [1.165, 1.54) is 11.8 Å². The molecule has 2 aliphatic rings. The van der Waals surface area contributed by atoms with E-state index in [0.29, 0.717) is 10.9 Å². The molecule has 2 unspecified atom stereocenters. The Bertz CT molecular complexity index is 818. The van der Waals surface area contributed by atoms with Crippen LogP contribution in [-0.2, 0) is 14.6 Å². The molecule has 0 radical (unpaired) electrons. The summed E-state index contributed by atoms with van der Waals surface area (Å²) in [5.41, 5.74) is 0.803. The quantitative estimate of drug-likeness (QED) is 0.762. The monoisotopic (exact) mass is 396 g/mol.